The normalized spacial score (nSPS) is 18.3. The number of ether oxygens (including phenoxy) is 2. The van der Waals surface area contributed by atoms with Crippen molar-refractivity contribution in [3.63, 3.8) is 0 Å². The lowest BCUT2D eigenvalue weighted by molar-refractivity contribution is -0.144. The molecule has 5 atom stereocenters. The van der Waals surface area contributed by atoms with E-state index >= 15 is 0 Å². The average Bonchev–Trinajstić information content (AvgIpc) is 4.07. The minimum atomic E-state index is -0.958. The van der Waals surface area contributed by atoms with Crippen LogP contribution < -0.4 is 11.1 Å². The number of amides is 4. The highest BCUT2D eigenvalue weighted by Gasteiger charge is 2.39. The molecule has 2 aromatic carbocycles. The number of methoxy groups -OCH3 is 1. The summed E-state index contributed by atoms with van der Waals surface area (Å²) >= 11 is 0. The largest absolute Gasteiger partial charge is 0.453 e. The van der Waals surface area contributed by atoms with Crippen LogP contribution in [-0.2, 0) is 19.1 Å². The fraction of sp³-hybridized carbons (Fsp3) is 0.415. The Labute approximate surface area is 330 Å². The van der Waals surface area contributed by atoms with E-state index in [1.54, 1.807) is 28.4 Å². The van der Waals surface area contributed by atoms with Crippen LogP contribution in [-0.4, -0.2) is 96.0 Å². The van der Waals surface area contributed by atoms with Crippen LogP contribution in [0.15, 0.2) is 61.1 Å². The second-order valence-corrected chi connectivity index (χ2v) is 14.6. The molecule has 0 bridgehead atoms. The number of carbonyl (C=O) groups is 4. The predicted molar refractivity (Wildman–Crippen MR) is 211 cm³/mol. The molecule has 5 N–H and O–H groups in total. The maximum Gasteiger partial charge on any atom is 0.407 e. The van der Waals surface area contributed by atoms with Crippen LogP contribution in [0.5, 0.6) is 0 Å². The molecule has 16 heteroatoms. The third-order valence-corrected chi connectivity index (χ3v) is 11.1. The standard InChI is InChI=1S/C41H48N10O6/c1-5-23(3)35(57-40(42)54)39(53)51-18-8-10-34(51)37-44-21-31(47-37)25-13-11-24(12-14-25)30-20-43-29-19-26(15-16-28(29)46-30)32-22-45-36(48-32)33-9-7-17-50(33)38(52)27(6-2)49-41(55)56-4/h11-16,19-23,27,33-35H,5-10,17-18H2,1-4H3,(H2,42,54)(H,44,47)(H,45,48)(H,49,55)/t23?,27-,33+,34+,35+/m1/s1. The van der Waals surface area contributed by atoms with Gasteiger partial charge in [0.15, 0.2) is 6.10 Å². The summed E-state index contributed by atoms with van der Waals surface area (Å²) < 4.78 is 9.96. The number of carbonyl (C=O) groups excluding carboxylic acids is 4. The van der Waals surface area contributed by atoms with Crippen molar-refractivity contribution in [1.29, 1.82) is 0 Å². The van der Waals surface area contributed by atoms with Crippen LogP contribution in [0.4, 0.5) is 9.59 Å². The number of benzene rings is 2. The number of hydrogen-bond donors (Lipinski definition) is 4. The zero-order chi connectivity index (χ0) is 40.2. The number of rotatable bonds is 12. The SMILES string of the molecule is CCC(C)[C@H](OC(N)=O)C(=O)N1CCC[C@H]1c1ncc(-c2ccc(-c3cnc4cc(-c5cnc([C@@H]6CCCN6C(=O)[C@@H](CC)NC(=O)OC)[nH]5)ccc4n3)cc2)[nH]1. The van der Waals surface area contributed by atoms with E-state index in [1.807, 2.05) is 63.2 Å². The van der Waals surface area contributed by atoms with Crippen LogP contribution >= 0.6 is 0 Å². The molecule has 2 aliphatic heterocycles. The van der Waals surface area contributed by atoms with Gasteiger partial charge >= 0.3 is 12.2 Å². The van der Waals surface area contributed by atoms with Gasteiger partial charge in [0, 0.05) is 30.1 Å². The van der Waals surface area contributed by atoms with E-state index in [1.165, 1.54) is 7.11 Å². The monoisotopic (exact) mass is 776 g/mol. The van der Waals surface area contributed by atoms with E-state index in [2.05, 4.69) is 25.3 Å². The first-order chi connectivity index (χ1) is 27.6. The lowest BCUT2D eigenvalue weighted by Crippen LogP contribution is -2.48. The smallest absolute Gasteiger partial charge is 0.407 e. The van der Waals surface area contributed by atoms with E-state index in [0.717, 1.165) is 70.5 Å². The van der Waals surface area contributed by atoms with Gasteiger partial charge in [0.05, 0.1) is 65.9 Å². The Bertz CT molecular complexity index is 2250. The van der Waals surface area contributed by atoms with E-state index in [-0.39, 0.29) is 29.8 Å². The van der Waals surface area contributed by atoms with Gasteiger partial charge in [0.25, 0.3) is 5.91 Å². The molecule has 0 spiro atoms. The molecule has 3 aromatic heterocycles. The summed E-state index contributed by atoms with van der Waals surface area (Å²) in [6.45, 7) is 6.79. The van der Waals surface area contributed by atoms with E-state index in [0.29, 0.717) is 37.6 Å². The second-order valence-electron chi connectivity index (χ2n) is 14.6. The number of likely N-dealkylation sites (tertiary alicyclic amines) is 2. The molecule has 16 nitrogen and oxygen atoms in total. The molecule has 0 aliphatic carbocycles. The zero-order valence-electron chi connectivity index (χ0n) is 32.5. The number of nitrogens with zero attached hydrogens (tertiary/aromatic N) is 6. The molecule has 1 unspecified atom stereocenters. The highest BCUT2D eigenvalue weighted by Crippen LogP contribution is 2.35. The molecule has 2 saturated heterocycles. The molecular weight excluding hydrogens is 729 g/mol. The molecule has 2 fully saturated rings. The number of nitrogens with one attached hydrogen (secondary N) is 3. The number of H-pyrrole nitrogens is 2. The van der Waals surface area contributed by atoms with Crippen molar-refractivity contribution < 1.29 is 28.7 Å². The molecule has 57 heavy (non-hydrogen) atoms. The van der Waals surface area contributed by atoms with Gasteiger partial charge in [0.1, 0.15) is 17.7 Å². The van der Waals surface area contributed by atoms with Crippen molar-refractivity contribution in [2.75, 3.05) is 20.2 Å². The first kappa shape index (κ1) is 38.9. The Morgan fingerprint density at radius 2 is 1.40 bits per heavy atom. The maximum absolute atomic E-state index is 13.5. The molecule has 0 radical (unpaired) electrons. The number of nitrogens with two attached hydrogens (primary N) is 1. The topological polar surface area (TPSA) is 214 Å². The van der Waals surface area contributed by atoms with E-state index in [9.17, 15) is 19.2 Å². The number of imidazole rings is 2. The third-order valence-electron chi connectivity index (χ3n) is 11.1. The summed E-state index contributed by atoms with van der Waals surface area (Å²) in [6.07, 6.45) is 7.02. The summed E-state index contributed by atoms with van der Waals surface area (Å²) in [6, 6.07) is 12.7. The van der Waals surface area contributed by atoms with Crippen molar-refractivity contribution in [2.24, 2.45) is 11.7 Å². The lowest BCUT2D eigenvalue weighted by atomic mass is 10.00. The Hall–Kier alpha value is -6.32. The number of hydrogen-bond acceptors (Lipinski definition) is 10. The van der Waals surface area contributed by atoms with E-state index < -0.39 is 24.3 Å². The van der Waals surface area contributed by atoms with Crippen molar-refractivity contribution >= 4 is 35.0 Å². The Kier molecular flexibility index (Phi) is 11.5. The van der Waals surface area contributed by atoms with Gasteiger partial charge in [-0.25, -0.2) is 24.5 Å². The number of primary amides is 1. The quantitative estimate of drug-likeness (QED) is 0.115. The Balaban J connectivity index is 1.02. The number of aromatic nitrogens is 6. The van der Waals surface area contributed by atoms with Gasteiger partial charge in [-0.05, 0) is 56.2 Å². The summed E-state index contributed by atoms with van der Waals surface area (Å²) in [5.41, 5.74) is 11.8. The summed E-state index contributed by atoms with van der Waals surface area (Å²) in [5.74, 6) is 0.788. The van der Waals surface area contributed by atoms with Gasteiger partial charge in [-0.15, -0.1) is 0 Å². The molecule has 5 heterocycles. The minimum Gasteiger partial charge on any atom is -0.453 e. The lowest BCUT2D eigenvalue weighted by Gasteiger charge is -2.29. The Morgan fingerprint density at radius 1 is 0.807 bits per heavy atom. The zero-order valence-corrected chi connectivity index (χ0v) is 32.5. The average molecular weight is 777 g/mol. The number of alkyl carbamates (subject to hydrolysis) is 1. The Morgan fingerprint density at radius 3 is 2.00 bits per heavy atom. The first-order valence-electron chi connectivity index (χ1n) is 19.5. The predicted octanol–water partition coefficient (Wildman–Crippen LogP) is 6.05. The van der Waals surface area contributed by atoms with Gasteiger partial charge in [-0.3, -0.25) is 14.6 Å². The molecule has 5 aromatic rings. The second kappa shape index (κ2) is 16.8. The van der Waals surface area contributed by atoms with Crippen LogP contribution in [0.25, 0.3) is 44.8 Å². The molecule has 0 saturated carbocycles. The summed E-state index contributed by atoms with van der Waals surface area (Å²) in [5, 5.41) is 2.64. The van der Waals surface area contributed by atoms with Crippen molar-refractivity contribution in [2.45, 2.75) is 83.5 Å². The van der Waals surface area contributed by atoms with Crippen molar-refractivity contribution in [3.8, 4) is 33.8 Å². The fourth-order valence-electron chi connectivity index (χ4n) is 7.73. The highest BCUT2D eigenvalue weighted by molar-refractivity contribution is 5.87. The van der Waals surface area contributed by atoms with Gasteiger partial charge in [-0.1, -0.05) is 51.1 Å². The first-order valence-corrected chi connectivity index (χ1v) is 19.5. The highest BCUT2D eigenvalue weighted by atomic mass is 16.6. The minimum absolute atomic E-state index is 0.155. The van der Waals surface area contributed by atoms with Gasteiger partial charge in [-0.2, -0.15) is 0 Å². The molecule has 298 valence electrons. The van der Waals surface area contributed by atoms with E-state index in [4.69, 9.17) is 25.2 Å². The molecule has 4 amide bonds. The van der Waals surface area contributed by atoms with Crippen LogP contribution in [0, 0.1) is 5.92 Å². The summed E-state index contributed by atoms with van der Waals surface area (Å²) in [7, 11) is 1.28. The van der Waals surface area contributed by atoms with Crippen molar-refractivity contribution in [1.82, 2.24) is 45.0 Å². The van der Waals surface area contributed by atoms with Gasteiger partial charge in [0.2, 0.25) is 5.91 Å². The van der Waals surface area contributed by atoms with Crippen molar-refractivity contribution in [3.05, 3.63) is 72.7 Å². The summed E-state index contributed by atoms with van der Waals surface area (Å²) in [4.78, 5) is 79.5. The number of aromatic amines is 2. The number of fused-ring (bicyclic) bond motifs is 1. The van der Waals surface area contributed by atoms with Crippen LogP contribution in [0.3, 0.4) is 0 Å². The third kappa shape index (κ3) is 8.16. The van der Waals surface area contributed by atoms with Gasteiger partial charge < -0.3 is 40.3 Å². The van der Waals surface area contributed by atoms with Crippen LogP contribution in [0.1, 0.15) is 83.0 Å². The molecule has 7 rings (SSSR count). The van der Waals surface area contributed by atoms with Crippen LogP contribution in [0.2, 0.25) is 0 Å². The fourth-order valence-corrected chi connectivity index (χ4v) is 7.73. The molecule has 2 aliphatic rings. The molecular formula is C41H48N10O6. The maximum atomic E-state index is 13.5.